The van der Waals surface area contributed by atoms with Gasteiger partial charge in [-0.3, -0.25) is 4.21 Å². The van der Waals surface area contributed by atoms with Gasteiger partial charge >= 0.3 is 0 Å². The number of rotatable bonds is 2. The summed E-state index contributed by atoms with van der Waals surface area (Å²) < 4.78 is 20.6. The third kappa shape index (κ3) is 1.65. The first-order valence-corrected chi connectivity index (χ1v) is 4.46. The van der Waals surface area contributed by atoms with E-state index >= 15 is 0 Å². The van der Waals surface area contributed by atoms with Crippen molar-refractivity contribution < 1.29 is 18.7 Å². The van der Waals surface area contributed by atoms with Gasteiger partial charge in [0.2, 0.25) is 0 Å². The molecule has 0 saturated heterocycles. The Morgan fingerprint density at radius 3 is 2.64 bits per heavy atom. The molecule has 60 valence electrons. The first-order valence-electron chi connectivity index (χ1n) is 2.51. The number of carboxylic acid groups (broad SMARTS) is 1. The van der Waals surface area contributed by atoms with Gasteiger partial charge in [0.25, 0.3) is 0 Å². The molecule has 0 aromatic carbocycles. The molecule has 4 nitrogen and oxygen atoms in total. The van der Waals surface area contributed by atoms with E-state index in [1.54, 1.807) is 0 Å². The molecule has 1 atom stereocenters. The van der Waals surface area contributed by atoms with Crippen LogP contribution in [0.15, 0.2) is 16.3 Å². The monoisotopic (exact) mass is 190 g/mol. The van der Waals surface area contributed by atoms with E-state index in [1.165, 1.54) is 11.4 Å². The number of carbonyl (C=O) groups excluding carboxylic acids is 1. The molecule has 1 unspecified atom stereocenters. The Balaban J connectivity index is 3.16. The van der Waals surface area contributed by atoms with E-state index in [9.17, 15) is 18.7 Å². The fraction of sp³-hybridized carbons (Fsp3) is 0. The summed E-state index contributed by atoms with van der Waals surface area (Å²) in [5, 5.41) is 11.6. The highest BCUT2D eigenvalue weighted by Crippen LogP contribution is 2.18. The maximum Gasteiger partial charge on any atom is 0.0827 e. The van der Waals surface area contributed by atoms with Crippen LogP contribution in [0, 0.1) is 0 Å². The first-order chi connectivity index (χ1) is 5.13. The van der Waals surface area contributed by atoms with Crippen LogP contribution in [0.1, 0.15) is 9.67 Å². The average Bonchev–Trinajstić information content (AvgIpc) is 2.32. The van der Waals surface area contributed by atoms with Crippen LogP contribution in [0.3, 0.4) is 0 Å². The Kier molecular flexibility index (Phi) is 2.38. The van der Waals surface area contributed by atoms with Crippen molar-refractivity contribution in [3.63, 3.8) is 0 Å². The minimum atomic E-state index is -2.49. The minimum Gasteiger partial charge on any atom is -0.768 e. The van der Waals surface area contributed by atoms with Gasteiger partial charge in [0.05, 0.1) is 10.8 Å². The highest BCUT2D eigenvalue weighted by atomic mass is 32.2. The van der Waals surface area contributed by atoms with Crippen LogP contribution < -0.4 is 5.11 Å². The molecule has 0 radical (unpaired) electrons. The molecule has 1 aromatic rings. The van der Waals surface area contributed by atoms with Crippen LogP contribution in [0.2, 0.25) is 0 Å². The summed E-state index contributed by atoms with van der Waals surface area (Å²) in [4.78, 5) is 9.75. The van der Waals surface area contributed by atoms with Crippen molar-refractivity contribution in [2.45, 2.75) is 4.90 Å². The van der Waals surface area contributed by atoms with Crippen molar-refractivity contribution in [2.75, 3.05) is 0 Å². The number of carboxylic acids is 1. The fourth-order valence-corrected chi connectivity index (χ4v) is 2.05. The van der Waals surface area contributed by atoms with Crippen molar-refractivity contribution >= 4 is 28.4 Å². The lowest BCUT2D eigenvalue weighted by molar-refractivity contribution is -0.254. The van der Waals surface area contributed by atoms with Crippen molar-refractivity contribution in [1.29, 1.82) is 0 Å². The minimum absolute atomic E-state index is 0.213. The molecule has 0 amide bonds. The van der Waals surface area contributed by atoms with E-state index < -0.39 is 17.0 Å². The molecule has 6 heteroatoms. The number of thiophene rings is 1. The van der Waals surface area contributed by atoms with Gasteiger partial charge in [-0.15, -0.1) is 11.3 Å². The molecular formula is C5H2O4S2-2. The molecule has 0 fully saturated rings. The fourth-order valence-electron chi connectivity index (χ4n) is 0.578. The van der Waals surface area contributed by atoms with Crippen molar-refractivity contribution in [2.24, 2.45) is 0 Å². The van der Waals surface area contributed by atoms with Gasteiger partial charge in [-0.25, -0.2) is 0 Å². The number of hydrogen-bond acceptors (Lipinski definition) is 5. The molecule has 0 N–H and O–H groups in total. The Morgan fingerprint density at radius 1 is 1.64 bits per heavy atom. The van der Waals surface area contributed by atoms with Gasteiger partial charge in [0, 0.05) is 4.90 Å². The normalized spacial score (nSPS) is 12.8. The maximum absolute atomic E-state index is 10.3. The summed E-state index contributed by atoms with van der Waals surface area (Å²) in [6.45, 7) is 0. The van der Waals surface area contributed by atoms with Gasteiger partial charge in [-0.05, 0) is 22.5 Å². The summed E-state index contributed by atoms with van der Waals surface area (Å²) >= 11 is -1.66. The van der Waals surface area contributed by atoms with Crippen molar-refractivity contribution in [1.82, 2.24) is 0 Å². The van der Waals surface area contributed by atoms with E-state index in [4.69, 9.17) is 0 Å². The van der Waals surface area contributed by atoms with E-state index in [0.29, 0.717) is 0 Å². The van der Waals surface area contributed by atoms with E-state index in [2.05, 4.69) is 0 Å². The van der Waals surface area contributed by atoms with Gasteiger partial charge < -0.3 is 14.5 Å². The zero-order valence-electron chi connectivity index (χ0n) is 5.10. The van der Waals surface area contributed by atoms with E-state index in [-0.39, 0.29) is 9.77 Å². The zero-order chi connectivity index (χ0) is 8.43. The predicted octanol–water partition coefficient (Wildman–Crippen LogP) is -0.650. The van der Waals surface area contributed by atoms with Crippen molar-refractivity contribution in [3.8, 4) is 0 Å². The highest BCUT2D eigenvalue weighted by Gasteiger charge is 2.04. The molecule has 0 aliphatic heterocycles. The molecule has 0 aliphatic rings. The van der Waals surface area contributed by atoms with Crippen LogP contribution in [0.25, 0.3) is 0 Å². The molecule has 0 aliphatic carbocycles. The first kappa shape index (κ1) is 8.38. The second-order valence-electron chi connectivity index (χ2n) is 1.64. The topological polar surface area (TPSA) is 80.3 Å². The van der Waals surface area contributed by atoms with Gasteiger partial charge in [0.15, 0.2) is 0 Å². The van der Waals surface area contributed by atoms with Gasteiger partial charge in [0.1, 0.15) is 0 Å². The van der Waals surface area contributed by atoms with Crippen LogP contribution in [-0.4, -0.2) is 14.7 Å². The van der Waals surface area contributed by atoms with Crippen LogP contribution in [0.4, 0.5) is 0 Å². The summed E-state index contributed by atoms with van der Waals surface area (Å²) in [7, 11) is 0. The standard InChI is InChI=1S/C5H4O4S2/c6-5(7)4-3(11(8)9)1-2-10-4/h1-2H,(H,6,7)(H,8,9)/p-2. The second kappa shape index (κ2) is 3.12. The number of aromatic carboxylic acids is 1. The van der Waals surface area contributed by atoms with E-state index in [1.807, 2.05) is 0 Å². The smallest absolute Gasteiger partial charge is 0.0827 e. The largest absolute Gasteiger partial charge is 0.768 e. The molecule has 1 heterocycles. The Labute approximate surface area is 68.8 Å². The molecule has 1 aromatic heterocycles. The number of carbonyl (C=O) groups is 1. The lowest BCUT2D eigenvalue weighted by Crippen LogP contribution is -2.22. The molecule has 0 spiro atoms. The quantitative estimate of drug-likeness (QED) is 0.580. The van der Waals surface area contributed by atoms with E-state index in [0.717, 1.165) is 11.3 Å². The summed E-state index contributed by atoms with van der Waals surface area (Å²) in [5.41, 5.74) is 0. The summed E-state index contributed by atoms with van der Waals surface area (Å²) in [5.74, 6) is -1.46. The lowest BCUT2D eigenvalue weighted by atomic mass is 10.5. The third-order valence-corrected chi connectivity index (χ3v) is 2.72. The molecule has 0 bridgehead atoms. The summed E-state index contributed by atoms with van der Waals surface area (Å²) in [6, 6.07) is 1.22. The van der Waals surface area contributed by atoms with Crippen LogP contribution in [-0.2, 0) is 11.1 Å². The molecule has 11 heavy (non-hydrogen) atoms. The Morgan fingerprint density at radius 2 is 2.27 bits per heavy atom. The predicted molar refractivity (Wildman–Crippen MR) is 35.8 cm³/mol. The molecule has 1 rings (SSSR count). The van der Waals surface area contributed by atoms with Gasteiger partial charge in [-0.2, -0.15) is 0 Å². The van der Waals surface area contributed by atoms with Crippen LogP contribution >= 0.6 is 11.3 Å². The second-order valence-corrected chi connectivity index (χ2v) is 3.46. The number of hydrogen-bond donors (Lipinski definition) is 0. The average molecular weight is 190 g/mol. The summed E-state index contributed by atoms with van der Waals surface area (Å²) in [6.07, 6.45) is 0. The zero-order valence-corrected chi connectivity index (χ0v) is 6.74. The highest BCUT2D eigenvalue weighted by molar-refractivity contribution is 7.79. The third-order valence-electron chi connectivity index (χ3n) is 0.994. The Bertz CT molecular complexity index is 275. The molecule has 0 saturated carbocycles. The lowest BCUT2D eigenvalue weighted by Gasteiger charge is -2.05. The van der Waals surface area contributed by atoms with Crippen LogP contribution in [0.5, 0.6) is 0 Å². The maximum atomic E-state index is 10.3. The Hall–Kier alpha value is -0.720. The van der Waals surface area contributed by atoms with Crippen molar-refractivity contribution in [3.05, 3.63) is 16.3 Å². The van der Waals surface area contributed by atoms with Gasteiger partial charge in [-0.1, -0.05) is 0 Å². The molecular weight excluding hydrogens is 188 g/mol. The SMILES string of the molecule is O=C([O-])c1sccc1S(=O)[O-].